The molecule has 3 N–H and O–H groups in total. The number of nitrogens with zero attached hydrogens (tertiary/aromatic N) is 1. The van der Waals surface area contributed by atoms with Gasteiger partial charge in [0, 0.05) is 25.1 Å². The molecule has 6 nitrogen and oxygen atoms in total. The van der Waals surface area contributed by atoms with E-state index in [4.69, 9.17) is 10.2 Å². The van der Waals surface area contributed by atoms with Crippen molar-refractivity contribution >= 4 is 17.8 Å². The Balaban J connectivity index is 0.000000359. The third-order valence-electron chi connectivity index (χ3n) is 4.02. The molecule has 0 bridgehead atoms. The number of aryl methyl sites for hydroxylation is 2. The van der Waals surface area contributed by atoms with E-state index < -0.39 is 11.9 Å². The molecule has 0 unspecified atom stereocenters. The Morgan fingerprint density at radius 1 is 1.12 bits per heavy atom. The van der Waals surface area contributed by atoms with E-state index in [1.165, 1.54) is 22.3 Å². The average molecular weight is 360 g/mol. The minimum Gasteiger partial charge on any atom is -0.478 e. The third-order valence-corrected chi connectivity index (χ3v) is 4.02. The molecule has 0 saturated heterocycles. The quantitative estimate of drug-likeness (QED) is 0.717. The van der Waals surface area contributed by atoms with Gasteiger partial charge < -0.3 is 15.5 Å². The van der Waals surface area contributed by atoms with Crippen molar-refractivity contribution in [3.05, 3.63) is 46.5 Å². The molecule has 1 aromatic rings. The lowest BCUT2D eigenvalue weighted by molar-refractivity contribution is -0.134. The molecule has 2 rings (SSSR count). The maximum atomic E-state index is 9.55. The SMILES string of the molecule is Cc1cc(C(C)(C)C)cc(C)c1CC1=NCCN1.O=C(O)/C=C/C(=O)O. The Labute approximate surface area is 154 Å². The number of nitrogens with one attached hydrogen (secondary N) is 1. The van der Waals surface area contributed by atoms with Gasteiger partial charge in [-0.05, 0) is 41.5 Å². The summed E-state index contributed by atoms with van der Waals surface area (Å²) in [7, 11) is 0. The lowest BCUT2D eigenvalue weighted by atomic mass is 9.83. The largest absolute Gasteiger partial charge is 0.478 e. The highest BCUT2D eigenvalue weighted by atomic mass is 16.4. The van der Waals surface area contributed by atoms with E-state index in [9.17, 15) is 9.59 Å². The Morgan fingerprint density at radius 3 is 1.96 bits per heavy atom. The van der Waals surface area contributed by atoms with Crippen LogP contribution in [0.25, 0.3) is 0 Å². The number of carbonyl (C=O) groups is 2. The van der Waals surface area contributed by atoms with E-state index in [0.717, 1.165) is 25.3 Å². The van der Waals surface area contributed by atoms with Crippen LogP contribution in [-0.4, -0.2) is 41.1 Å². The van der Waals surface area contributed by atoms with Gasteiger partial charge in [0.1, 0.15) is 5.84 Å². The van der Waals surface area contributed by atoms with Crippen molar-refractivity contribution in [3.8, 4) is 0 Å². The van der Waals surface area contributed by atoms with Crippen molar-refractivity contribution in [1.29, 1.82) is 0 Å². The summed E-state index contributed by atoms with van der Waals surface area (Å²) >= 11 is 0. The molecule has 0 atom stereocenters. The van der Waals surface area contributed by atoms with Crippen LogP contribution in [-0.2, 0) is 21.4 Å². The van der Waals surface area contributed by atoms with E-state index >= 15 is 0 Å². The van der Waals surface area contributed by atoms with Crippen molar-refractivity contribution < 1.29 is 19.8 Å². The molecule has 0 amide bonds. The molecule has 0 saturated carbocycles. The molecule has 0 aromatic heterocycles. The highest BCUT2D eigenvalue weighted by molar-refractivity contribution is 5.89. The number of aliphatic imine (C=N–C) groups is 1. The lowest BCUT2D eigenvalue weighted by Crippen LogP contribution is -2.22. The first kappa shape index (κ1) is 21.4. The predicted molar refractivity (Wildman–Crippen MR) is 103 cm³/mol. The van der Waals surface area contributed by atoms with Gasteiger partial charge in [0.2, 0.25) is 0 Å². The first-order chi connectivity index (χ1) is 12.0. The standard InChI is InChI=1S/C16H24N2.C4H4O4/c1-11-8-13(16(3,4)5)9-12(2)14(11)10-15-17-6-7-18-15;5-3(6)1-2-4(7)8/h8-9H,6-7,10H2,1-5H3,(H,17,18);1-2H,(H,5,6)(H,7,8)/b;2-1+. The topological polar surface area (TPSA) is 99.0 Å². The maximum Gasteiger partial charge on any atom is 0.328 e. The van der Waals surface area contributed by atoms with E-state index in [2.05, 4.69) is 57.1 Å². The third kappa shape index (κ3) is 7.09. The zero-order chi connectivity index (χ0) is 19.9. The summed E-state index contributed by atoms with van der Waals surface area (Å²) in [4.78, 5) is 23.6. The Morgan fingerprint density at radius 2 is 1.62 bits per heavy atom. The summed E-state index contributed by atoms with van der Waals surface area (Å²) in [6.45, 7) is 13.2. The number of rotatable bonds is 4. The molecule has 0 radical (unpaired) electrons. The number of carboxylic acid groups (broad SMARTS) is 2. The van der Waals surface area contributed by atoms with E-state index in [1.54, 1.807) is 0 Å². The molecule has 0 fully saturated rings. The fourth-order valence-corrected chi connectivity index (χ4v) is 2.58. The van der Waals surface area contributed by atoms with Crippen LogP contribution in [0.5, 0.6) is 0 Å². The number of hydrogen-bond donors (Lipinski definition) is 3. The van der Waals surface area contributed by atoms with Gasteiger partial charge in [-0.15, -0.1) is 0 Å². The Kier molecular flexibility index (Phi) is 7.56. The fraction of sp³-hybridized carbons (Fsp3) is 0.450. The van der Waals surface area contributed by atoms with E-state index in [1.807, 2.05) is 0 Å². The molecule has 26 heavy (non-hydrogen) atoms. The number of amidine groups is 1. The van der Waals surface area contributed by atoms with Gasteiger partial charge in [0.25, 0.3) is 0 Å². The number of hydrogen-bond acceptors (Lipinski definition) is 4. The molecular weight excluding hydrogens is 332 g/mol. The predicted octanol–water partition coefficient (Wildman–Crippen LogP) is 2.86. The minimum absolute atomic E-state index is 0.219. The summed E-state index contributed by atoms with van der Waals surface area (Å²) < 4.78 is 0. The van der Waals surface area contributed by atoms with Crippen molar-refractivity contribution in [2.75, 3.05) is 13.1 Å². The van der Waals surface area contributed by atoms with Gasteiger partial charge in [-0.3, -0.25) is 4.99 Å². The zero-order valence-corrected chi connectivity index (χ0v) is 16.1. The summed E-state index contributed by atoms with van der Waals surface area (Å²) in [6.07, 6.45) is 2.06. The Bertz CT molecular complexity index is 689. The molecule has 0 aliphatic carbocycles. The molecular formula is C20H28N2O4. The maximum absolute atomic E-state index is 9.55. The van der Waals surface area contributed by atoms with Gasteiger partial charge in [0.05, 0.1) is 6.54 Å². The van der Waals surface area contributed by atoms with Gasteiger partial charge in [-0.1, -0.05) is 32.9 Å². The van der Waals surface area contributed by atoms with Gasteiger partial charge in [-0.25, -0.2) is 9.59 Å². The highest BCUT2D eigenvalue weighted by Gasteiger charge is 2.17. The lowest BCUT2D eigenvalue weighted by Gasteiger charge is -2.22. The van der Waals surface area contributed by atoms with Crippen LogP contribution in [0.15, 0.2) is 29.3 Å². The van der Waals surface area contributed by atoms with E-state index in [-0.39, 0.29) is 5.41 Å². The van der Waals surface area contributed by atoms with Crippen LogP contribution in [0.1, 0.15) is 43.0 Å². The summed E-state index contributed by atoms with van der Waals surface area (Å²) in [5.41, 5.74) is 5.84. The average Bonchev–Trinajstić information content (AvgIpc) is 3.01. The molecule has 0 spiro atoms. The molecule has 1 aliphatic rings. The van der Waals surface area contributed by atoms with Gasteiger partial charge in [0.15, 0.2) is 0 Å². The molecule has 1 aliphatic heterocycles. The van der Waals surface area contributed by atoms with Crippen LogP contribution in [0.3, 0.4) is 0 Å². The van der Waals surface area contributed by atoms with Crippen LogP contribution in [0.4, 0.5) is 0 Å². The fourth-order valence-electron chi connectivity index (χ4n) is 2.58. The second-order valence-corrected chi connectivity index (χ2v) is 7.28. The molecule has 142 valence electrons. The summed E-state index contributed by atoms with van der Waals surface area (Å²) in [6, 6.07) is 4.66. The smallest absolute Gasteiger partial charge is 0.328 e. The van der Waals surface area contributed by atoms with E-state index in [0.29, 0.717) is 12.2 Å². The van der Waals surface area contributed by atoms with Crippen LogP contribution < -0.4 is 5.32 Å². The Hall–Kier alpha value is -2.63. The summed E-state index contributed by atoms with van der Waals surface area (Å²) in [5.74, 6) is -1.37. The zero-order valence-electron chi connectivity index (χ0n) is 16.1. The second kappa shape index (κ2) is 9.17. The molecule has 6 heteroatoms. The molecule has 1 aromatic carbocycles. The van der Waals surface area contributed by atoms with Crippen molar-refractivity contribution in [2.45, 2.75) is 46.5 Å². The number of carboxylic acids is 2. The summed E-state index contributed by atoms with van der Waals surface area (Å²) in [5, 5.41) is 19.0. The van der Waals surface area contributed by atoms with Gasteiger partial charge in [-0.2, -0.15) is 0 Å². The normalized spacial score (nSPS) is 13.7. The molecule has 1 heterocycles. The van der Waals surface area contributed by atoms with Gasteiger partial charge >= 0.3 is 11.9 Å². The second-order valence-electron chi connectivity index (χ2n) is 7.28. The van der Waals surface area contributed by atoms with Crippen molar-refractivity contribution in [1.82, 2.24) is 5.32 Å². The van der Waals surface area contributed by atoms with Crippen LogP contribution in [0, 0.1) is 13.8 Å². The van der Waals surface area contributed by atoms with Crippen LogP contribution >= 0.6 is 0 Å². The highest BCUT2D eigenvalue weighted by Crippen LogP contribution is 2.27. The minimum atomic E-state index is -1.26. The van der Waals surface area contributed by atoms with Crippen molar-refractivity contribution in [3.63, 3.8) is 0 Å². The van der Waals surface area contributed by atoms with Crippen molar-refractivity contribution in [2.24, 2.45) is 4.99 Å². The number of aliphatic carboxylic acids is 2. The first-order valence-electron chi connectivity index (χ1n) is 8.52. The monoisotopic (exact) mass is 360 g/mol. The van der Waals surface area contributed by atoms with Crippen LogP contribution in [0.2, 0.25) is 0 Å². The number of benzene rings is 1. The first-order valence-corrected chi connectivity index (χ1v) is 8.52.